The number of carbonyl (C=O) groups excluding carboxylic acids is 1. The number of hydrogen-bond donors (Lipinski definition) is 3. The van der Waals surface area contributed by atoms with Crippen molar-refractivity contribution in [1.82, 2.24) is 0 Å². The van der Waals surface area contributed by atoms with Gasteiger partial charge in [0.1, 0.15) is 0 Å². The molecule has 2 aromatic carbocycles. The zero-order chi connectivity index (χ0) is 16.1. The maximum atomic E-state index is 11.0. The van der Waals surface area contributed by atoms with Gasteiger partial charge in [0.2, 0.25) is 5.91 Å². The number of hydrogen-bond acceptors (Lipinski definition) is 3. The number of thiocarbonyl (C=S) groups is 1. The Morgan fingerprint density at radius 2 is 1.68 bits per heavy atom. The molecule has 0 unspecified atom stereocenters. The van der Waals surface area contributed by atoms with Crippen LogP contribution in [0.5, 0.6) is 0 Å². The van der Waals surface area contributed by atoms with E-state index < -0.39 is 5.91 Å². The number of primary amides is 1. The highest BCUT2D eigenvalue weighted by Crippen LogP contribution is 2.18. The molecule has 0 aliphatic carbocycles. The summed E-state index contributed by atoms with van der Waals surface area (Å²) in [5.41, 5.74) is 8.43. The molecule has 0 atom stereocenters. The van der Waals surface area contributed by atoms with E-state index in [0.717, 1.165) is 17.1 Å². The number of amides is 1. The van der Waals surface area contributed by atoms with Gasteiger partial charge in [0, 0.05) is 36.7 Å². The summed E-state index contributed by atoms with van der Waals surface area (Å²) in [6.45, 7) is 0. The summed E-state index contributed by atoms with van der Waals surface area (Å²) in [7, 11) is 3.96. The molecule has 1 amide bonds. The van der Waals surface area contributed by atoms with Gasteiger partial charge in [0.15, 0.2) is 5.11 Å². The van der Waals surface area contributed by atoms with Crippen LogP contribution in [0.3, 0.4) is 0 Å². The first-order chi connectivity index (χ1) is 10.5. The second kappa shape index (κ2) is 6.91. The zero-order valence-corrected chi connectivity index (χ0v) is 13.3. The SMILES string of the molecule is CN(C)c1cccc(NC(=S)Nc2ccc(C(N)=O)cc2)c1. The molecule has 22 heavy (non-hydrogen) atoms. The molecule has 0 radical (unpaired) electrons. The van der Waals surface area contributed by atoms with Crippen LogP contribution in [-0.2, 0) is 0 Å². The quantitative estimate of drug-likeness (QED) is 0.757. The summed E-state index contributed by atoms with van der Waals surface area (Å²) in [6.07, 6.45) is 0. The van der Waals surface area contributed by atoms with E-state index in [0.29, 0.717) is 10.7 Å². The highest BCUT2D eigenvalue weighted by Gasteiger charge is 2.03. The monoisotopic (exact) mass is 314 g/mol. The molecular weight excluding hydrogens is 296 g/mol. The highest BCUT2D eigenvalue weighted by atomic mass is 32.1. The Morgan fingerprint density at radius 1 is 1.05 bits per heavy atom. The lowest BCUT2D eigenvalue weighted by atomic mass is 10.2. The van der Waals surface area contributed by atoms with Gasteiger partial charge in [0.05, 0.1) is 0 Å². The fourth-order valence-electron chi connectivity index (χ4n) is 1.87. The Bertz CT molecular complexity index is 683. The Kier molecular flexibility index (Phi) is 4.95. The molecular formula is C16H18N4OS. The van der Waals surface area contributed by atoms with Crippen LogP contribution >= 0.6 is 12.2 Å². The minimum atomic E-state index is -0.451. The first kappa shape index (κ1) is 15.8. The van der Waals surface area contributed by atoms with Crippen LogP contribution in [0.25, 0.3) is 0 Å². The summed E-state index contributed by atoms with van der Waals surface area (Å²) in [5, 5.41) is 6.66. The first-order valence-corrected chi connectivity index (χ1v) is 7.12. The fourth-order valence-corrected chi connectivity index (χ4v) is 2.11. The number of carbonyl (C=O) groups is 1. The van der Waals surface area contributed by atoms with Gasteiger partial charge in [-0.15, -0.1) is 0 Å². The molecule has 114 valence electrons. The van der Waals surface area contributed by atoms with Crippen molar-refractivity contribution >= 4 is 40.3 Å². The summed E-state index contributed by atoms with van der Waals surface area (Å²) < 4.78 is 0. The predicted molar refractivity (Wildman–Crippen MR) is 95.6 cm³/mol. The van der Waals surface area contributed by atoms with Crippen LogP contribution in [0.4, 0.5) is 17.1 Å². The highest BCUT2D eigenvalue weighted by molar-refractivity contribution is 7.80. The summed E-state index contributed by atoms with van der Waals surface area (Å²) in [5.74, 6) is -0.451. The van der Waals surface area contributed by atoms with Crippen molar-refractivity contribution in [3.05, 3.63) is 54.1 Å². The fraction of sp³-hybridized carbons (Fsp3) is 0.125. The second-order valence-corrected chi connectivity index (χ2v) is 5.37. The van der Waals surface area contributed by atoms with E-state index in [1.165, 1.54) is 0 Å². The zero-order valence-electron chi connectivity index (χ0n) is 12.5. The van der Waals surface area contributed by atoms with Crippen LogP contribution in [0.2, 0.25) is 0 Å². The van der Waals surface area contributed by atoms with Gasteiger partial charge in [-0.2, -0.15) is 0 Å². The van der Waals surface area contributed by atoms with Gasteiger partial charge in [-0.05, 0) is 54.7 Å². The van der Waals surface area contributed by atoms with Gasteiger partial charge in [-0.3, -0.25) is 4.79 Å². The molecule has 6 heteroatoms. The smallest absolute Gasteiger partial charge is 0.248 e. The second-order valence-electron chi connectivity index (χ2n) is 4.97. The van der Waals surface area contributed by atoms with Crippen molar-refractivity contribution in [3.63, 3.8) is 0 Å². The van der Waals surface area contributed by atoms with Gasteiger partial charge >= 0.3 is 0 Å². The third-order valence-corrected chi connectivity index (χ3v) is 3.25. The summed E-state index contributed by atoms with van der Waals surface area (Å²) >= 11 is 5.28. The van der Waals surface area contributed by atoms with Crippen molar-refractivity contribution in [2.75, 3.05) is 29.6 Å². The average Bonchev–Trinajstić information content (AvgIpc) is 2.47. The lowest BCUT2D eigenvalue weighted by Gasteiger charge is -2.15. The standard InChI is InChI=1S/C16H18N4OS/c1-20(2)14-5-3-4-13(10-14)19-16(22)18-12-8-6-11(7-9-12)15(17)21/h3-10H,1-2H3,(H2,17,21)(H2,18,19,22). The van der Waals surface area contributed by atoms with E-state index in [4.69, 9.17) is 18.0 Å². The number of rotatable bonds is 4. The largest absolute Gasteiger partial charge is 0.378 e. The molecule has 0 heterocycles. The van der Waals surface area contributed by atoms with Crippen molar-refractivity contribution in [2.45, 2.75) is 0 Å². The van der Waals surface area contributed by atoms with E-state index in [1.54, 1.807) is 24.3 Å². The predicted octanol–water partition coefficient (Wildman–Crippen LogP) is 2.66. The van der Waals surface area contributed by atoms with Crippen molar-refractivity contribution in [2.24, 2.45) is 5.73 Å². The average molecular weight is 314 g/mol. The molecule has 4 N–H and O–H groups in total. The minimum absolute atomic E-state index is 0.451. The third kappa shape index (κ3) is 4.20. The normalized spacial score (nSPS) is 9.91. The lowest BCUT2D eigenvalue weighted by Crippen LogP contribution is -2.19. The number of nitrogens with zero attached hydrogens (tertiary/aromatic N) is 1. The Labute approximate surface area is 135 Å². The van der Waals surface area contributed by atoms with E-state index in [1.807, 2.05) is 43.3 Å². The molecule has 0 saturated carbocycles. The Hall–Kier alpha value is -2.60. The van der Waals surface area contributed by atoms with E-state index in [9.17, 15) is 4.79 Å². The van der Waals surface area contributed by atoms with Crippen LogP contribution in [0.1, 0.15) is 10.4 Å². The van der Waals surface area contributed by atoms with Gasteiger partial charge in [0.25, 0.3) is 0 Å². The maximum absolute atomic E-state index is 11.0. The molecule has 0 saturated heterocycles. The van der Waals surface area contributed by atoms with Crippen molar-refractivity contribution < 1.29 is 4.79 Å². The molecule has 5 nitrogen and oxygen atoms in total. The van der Waals surface area contributed by atoms with E-state index in [2.05, 4.69) is 10.6 Å². The summed E-state index contributed by atoms with van der Waals surface area (Å²) in [4.78, 5) is 13.0. The van der Waals surface area contributed by atoms with Crippen molar-refractivity contribution in [1.29, 1.82) is 0 Å². The van der Waals surface area contributed by atoms with Crippen LogP contribution in [-0.4, -0.2) is 25.1 Å². The lowest BCUT2D eigenvalue weighted by molar-refractivity contribution is 0.100. The third-order valence-electron chi connectivity index (χ3n) is 3.05. The molecule has 0 aliphatic rings. The van der Waals surface area contributed by atoms with E-state index >= 15 is 0 Å². The molecule has 2 rings (SSSR count). The Balaban J connectivity index is 2.00. The molecule has 0 aromatic heterocycles. The van der Waals surface area contributed by atoms with Crippen LogP contribution < -0.4 is 21.3 Å². The maximum Gasteiger partial charge on any atom is 0.248 e. The molecule has 0 fully saturated rings. The van der Waals surface area contributed by atoms with Gasteiger partial charge in [-0.25, -0.2) is 0 Å². The molecule has 0 bridgehead atoms. The summed E-state index contributed by atoms with van der Waals surface area (Å²) in [6, 6.07) is 14.7. The van der Waals surface area contributed by atoms with Crippen LogP contribution in [0, 0.1) is 0 Å². The molecule has 0 aliphatic heterocycles. The van der Waals surface area contributed by atoms with Gasteiger partial charge in [-0.1, -0.05) is 6.07 Å². The minimum Gasteiger partial charge on any atom is -0.378 e. The molecule has 0 spiro atoms. The number of anilines is 3. The molecule has 2 aromatic rings. The van der Waals surface area contributed by atoms with Gasteiger partial charge < -0.3 is 21.3 Å². The van der Waals surface area contributed by atoms with Crippen LogP contribution in [0.15, 0.2) is 48.5 Å². The first-order valence-electron chi connectivity index (χ1n) is 6.71. The van der Waals surface area contributed by atoms with Crippen molar-refractivity contribution in [3.8, 4) is 0 Å². The Morgan fingerprint density at radius 3 is 2.27 bits per heavy atom. The van der Waals surface area contributed by atoms with E-state index in [-0.39, 0.29) is 0 Å². The number of benzene rings is 2. The number of nitrogens with one attached hydrogen (secondary N) is 2. The number of nitrogens with two attached hydrogens (primary N) is 1. The topological polar surface area (TPSA) is 70.4 Å².